The fourth-order valence-corrected chi connectivity index (χ4v) is 2.10. The Bertz CT molecular complexity index is 382. The van der Waals surface area contributed by atoms with Crippen molar-refractivity contribution in [2.75, 3.05) is 20.1 Å². The minimum atomic E-state index is 0. The summed E-state index contributed by atoms with van der Waals surface area (Å²) in [6.07, 6.45) is 1.87. The largest absolute Gasteiger partial charge is 0.493 e. The smallest absolute Gasteiger partial charge is 0.161 e. The number of hydrogen-bond acceptors (Lipinski definition) is 4. The zero-order valence-corrected chi connectivity index (χ0v) is 10.2. The molecular weight excluding hydrogens is 234 g/mol. The summed E-state index contributed by atoms with van der Waals surface area (Å²) in [6, 6.07) is 3.94. The van der Waals surface area contributed by atoms with E-state index in [1.807, 2.05) is 18.3 Å². The summed E-state index contributed by atoms with van der Waals surface area (Å²) in [5.41, 5.74) is 1.10. The molecule has 0 saturated heterocycles. The van der Waals surface area contributed by atoms with E-state index in [1.54, 1.807) is 26.0 Å². The van der Waals surface area contributed by atoms with Gasteiger partial charge in [-0.05, 0) is 12.1 Å². The number of halogens is 1. The van der Waals surface area contributed by atoms with Gasteiger partial charge in [0, 0.05) is 16.7 Å². The summed E-state index contributed by atoms with van der Waals surface area (Å²) in [6.45, 7) is 0. The first-order valence-electron chi connectivity index (χ1n) is 4.24. The second kappa shape index (κ2) is 5.28. The molecule has 0 aliphatic carbocycles. The molecule has 0 radical (unpaired) electrons. The number of hydrogen-bond donors (Lipinski definition) is 0. The number of ether oxygens (including phenoxy) is 2. The summed E-state index contributed by atoms with van der Waals surface area (Å²) in [7, 11) is 3.28. The Labute approximate surface area is 99.3 Å². The first kappa shape index (κ1) is 12.2. The van der Waals surface area contributed by atoms with Crippen LogP contribution in [0.3, 0.4) is 0 Å². The monoisotopic (exact) mass is 245 g/mol. The molecule has 0 bridgehead atoms. The van der Waals surface area contributed by atoms with Crippen LogP contribution < -0.4 is 9.47 Å². The molecule has 1 heterocycles. The second-order valence-corrected chi connectivity index (χ2v) is 3.82. The van der Waals surface area contributed by atoms with Crippen LogP contribution in [0.5, 0.6) is 11.5 Å². The Balaban J connectivity index is 0.00000112. The first-order chi connectivity index (χ1) is 6.85. The van der Waals surface area contributed by atoms with Crippen LogP contribution in [0, 0.1) is 0 Å². The lowest BCUT2D eigenvalue weighted by Crippen LogP contribution is -1.97. The highest BCUT2D eigenvalue weighted by Gasteiger charge is 2.12. The fourth-order valence-electron chi connectivity index (χ4n) is 1.34. The number of methoxy groups -OCH3 is 2. The van der Waals surface area contributed by atoms with Crippen LogP contribution in [0.1, 0.15) is 5.56 Å². The van der Waals surface area contributed by atoms with Gasteiger partial charge in [-0.25, -0.2) is 0 Å². The van der Waals surface area contributed by atoms with Crippen molar-refractivity contribution in [1.29, 1.82) is 0 Å². The standard InChI is InChI=1S/C10H11NO2S.ClH/c1-12-8-3-7-5-11-6-14-10(7)4-9(8)13-2;/h3-5H,6H2,1-2H3;1H. The Morgan fingerprint density at radius 2 is 1.87 bits per heavy atom. The van der Waals surface area contributed by atoms with Gasteiger partial charge in [-0.1, -0.05) is 0 Å². The molecular formula is C10H12ClNO2S. The maximum absolute atomic E-state index is 5.22. The SMILES string of the molecule is COc1cc2c(cc1OC)SCN=C2.Cl. The molecule has 0 saturated carbocycles. The highest BCUT2D eigenvalue weighted by molar-refractivity contribution is 7.99. The molecule has 1 aromatic rings. The third kappa shape index (κ3) is 2.38. The van der Waals surface area contributed by atoms with Crippen LogP contribution in [0.15, 0.2) is 22.0 Å². The minimum Gasteiger partial charge on any atom is -0.493 e. The third-order valence-electron chi connectivity index (χ3n) is 2.04. The molecule has 0 unspecified atom stereocenters. The Hall–Kier alpha value is -0.870. The summed E-state index contributed by atoms with van der Waals surface area (Å²) in [5.74, 6) is 2.30. The zero-order valence-electron chi connectivity index (χ0n) is 8.52. The van der Waals surface area contributed by atoms with Crippen molar-refractivity contribution in [2.24, 2.45) is 4.99 Å². The van der Waals surface area contributed by atoms with Crippen LogP contribution in [0.4, 0.5) is 0 Å². The minimum absolute atomic E-state index is 0. The number of benzene rings is 1. The molecule has 1 aliphatic heterocycles. The van der Waals surface area contributed by atoms with E-state index >= 15 is 0 Å². The summed E-state index contributed by atoms with van der Waals surface area (Å²) in [4.78, 5) is 5.38. The van der Waals surface area contributed by atoms with Gasteiger partial charge >= 0.3 is 0 Å². The Kier molecular flexibility index (Phi) is 4.29. The maximum Gasteiger partial charge on any atom is 0.161 e. The van der Waals surface area contributed by atoms with Gasteiger partial charge in [-0.2, -0.15) is 0 Å². The molecule has 0 fully saturated rings. The Morgan fingerprint density at radius 3 is 2.53 bits per heavy atom. The second-order valence-electron chi connectivity index (χ2n) is 2.83. The highest BCUT2D eigenvalue weighted by Crippen LogP contribution is 2.36. The Morgan fingerprint density at radius 1 is 1.20 bits per heavy atom. The molecule has 0 spiro atoms. The van der Waals surface area contributed by atoms with Crippen molar-refractivity contribution in [1.82, 2.24) is 0 Å². The molecule has 0 atom stereocenters. The lowest BCUT2D eigenvalue weighted by molar-refractivity contribution is 0.354. The van der Waals surface area contributed by atoms with Gasteiger partial charge in [-0.3, -0.25) is 4.99 Å². The summed E-state index contributed by atoms with van der Waals surface area (Å²) >= 11 is 1.70. The molecule has 1 aromatic carbocycles. The van der Waals surface area contributed by atoms with E-state index in [0.717, 1.165) is 22.9 Å². The summed E-state index contributed by atoms with van der Waals surface area (Å²) in [5, 5.41) is 0. The van der Waals surface area contributed by atoms with E-state index in [4.69, 9.17) is 9.47 Å². The van der Waals surface area contributed by atoms with Crippen LogP contribution in [0.2, 0.25) is 0 Å². The van der Waals surface area contributed by atoms with Gasteiger partial charge in [0.05, 0.1) is 20.1 Å². The zero-order chi connectivity index (χ0) is 9.97. The third-order valence-corrected chi connectivity index (χ3v) is 2.98. The van der Waals surface area contributed by atoms with Crippen molar-refractivity contribution in [3.63, 3.8) is 0 Å². The molecule has 1 aliphatic rings. The van der Waals surface area contributed by atoms with Gasteiger partial charge in [0.15, 0.2) is 11.5 Å². The van der Waals surface area contributed by atoms with Crippen LogP contribution in [0.25, 0.3) is 0 Å². The molecule has 0 N–H and O–H groups in total. The van der Waals surface area contributed by atoms with E-state index in [-0.39, 0.29) is 12.4 Å². The van der Waals surface area contributed by atoms with Gasteiger partial charge in [-0.15, -0.1) is 24.2 Å². The lowest BCUT2D eigenvalue weighted by atomic mass is 10.2. The molecule has 3 nitrogen and oxygen atoms in total. The number of rotatable bonds is 2. The lowest BCUT2D eigenvalue weighted by Gasteiger charge is -2.13. The molecule has 2 rings (SSSR count). The van der Waals surface area contributed by atoms with E-state index in [9.17, 15) is 0 Å². The van der Waals surface area contributed by atoms with Gasteiger partial charge in [0.2, 0.25) is 0 Å². The van der Waals surface area contributed by atoms with Gasteiger partial charge in [0.25, 0.3) is 0 Å². The molecule has 5 heteroatoms. The predicted molar refractivity (Wildman–Crippen MR) is 65.1 cm³/mol. The summed E-state index contributed by atoms with van der Waals surface area (Å²) < 4.78 is 10.4. The normalized spacial score (nSPS) is 12.7. The average Bonchev–Trinajstić information content (AvgIpc) is 2.27. The fraction of sp³-hybridized carbons (Fsp3) is 0.300. The van der Waals surface area contributed by atoms with Crippen molar-refractivity contribution in [2.45, 2.75) is 4.90 Å². The van der Waals surface area contributed by atoms with Crippen molar-refractivity contribution in [3.05, 3.63) is 17.7 Å². The highest BCUT2D eigenvalue weighted by atomic mass is 35.5. The number of thioether (sulfide) groups is 1. The van der Waals surface area contributed by atoms with Crippen molar-refractivity contribution >= 4 is 30.4 Å². The topological polar surface area (TPSA) is 30.8 Å². The van der Waals surface area contributed by atoms with E-state index in [2.05, 4.69) is 4.99 Å². The van der Waals surface area contributed by atoms with Crippen LogP contribution >= 0.6 is 24.2 Å². The van der Waals surface area contributed by atoms with Crippen molar-refractivity contribution in [3.8, 4) is 11.5 Å². The van der Waals surface area contributed by atoms with Crippen LogP contribution in [-0.2, 0) is 0 Å². The maximum atomic E-state index is 5.22. The first-order valence-corrected chi connectivity index (χ1v) is 5.22. The predicted octanol–water partition coefficient (Wildman–Crippen LogP) is 2.61. The molecule has 82 valence electrons. The number of fused-ring (bicyclic) bond motifs is 1. The average molecular weight is 246 g/mol. The van der Waals surface area contributed by atoms with Crippen LogP contribution in [-0.4, -0.2) is 26.3 Å². The van der Waals surface area contributed by atoms with E-state index in [0.29, 0.717) is 0 Å². The van der Waals surface area contributed by atoms with E-state index < -0.39 is 0 Å². The number of nitrogens with zero attached hydrogens (tertiary/aromatic N) is 1. The van der Waals surface area contributed by atoms with Crippen molar-refractivity contribution < 1.29 is 9.47 Å². The van der Waals surface area contributed by atoms with E-state index in [1.165, 1.54) is 4.90 Å². The quantitative estimate of drug-likeness (QED) is 0.803. The molecule has 0 aromatic heterocycles. The number of aliphatic imine (C=N–C) groups is 1. The molecule has 15 heavy (non-hydrogen) atoms. The van der Waals surface area contributed by atoms with Gasteiger partial charge < -0.3 is 9.47 Å². The molecule has 0 amide bonds. The van der Waals surface area contributed by atoms with Gasteiger partial charge in [0.1, 0.15) is 0 Å².